The number of esters is 1. The number of nitrogens with one attached hydrogen (secondary N) is 1. The molecule has 1 aromatic heterocycles. The van der Waals surface area contributed by atoms with E-state index in [-0.39, 0.29) is 46.3 Å². The third-order valence-electron chi connectivity index (χ3n) is 6.94. The number of benzene rings is 3. The molecule has 8 nitrogen and oxygen atoms in total. The molecule has 41 heavy (non-hydrogen) atoms. The summed E-state index contributed by atoms with van der Waals surface area (Å²) >= 11 is 0.328. The minimum absolute atomic E-state index is 0.0645. The lowest BCUT2D eigenvalue weighted by Gasteiger charge is -2.26. The molecule has 12 heteroatoms. The quantitative estimate of drug-likeness (QED) is 0.178. The maximum Gasteiger partial charge on any atom is 0.339 e. The second kappa shape index (κ2) is 11.8. The van der Waals surface area contributed by atoms with Crippen molar-refractivity contribution in [3.8, 4) is 11.3 Å². The number of fused-ring (bicyclic) bond motifs is 1. The Balaban J connectivity index is 1.57. The number of furan rings is 1. The number of carbonyl (C=O) groups is 2. The first-order valence-corrected chi connectivity index (χ1v) is 14.4. The van der Waals surface area contributed by atoms with Crippen molar-refractivity contribution in [2.24, 2.45) is 0 Å². The Kier molecular flexibility index (Phi) is 8.37. The van der Waals surface area contributed by atoms with Crippen LogP contribution in [0.2, 0.25) is 0 Å². The van der Waals surface area contributed by atoms with E-state index in [2.05, 4.69) is 21.2 Å². The highest BCUT2D eigenvalue weighted by Crippen LogP contribution is 2.45. The molecule has 1 saturated carbocycles. The van der Waals surface area contributed by atoms with Gasteiger partial charge in [-0.3, -0.25) is 9.00 Å². The van der Waals surface area contributed by atoms with Gasteiger partial charge in [0.25, 0.3) is 5.91 Å². The molecular formula is C29H24BrF2N2O6S-. The van der Waals surface area contributed by atoms with Crippen LogP contribution in [0.5, 0.6) is 0 Å². The first kappa shape index (κ1) is 29.1. The van der Waals surface area contributed by atoms with Crippen LogP contribution >= 0.6 is 15.9 Å². The van der Waals surface area contributed by atoms with E-state index in [9.17, 15) is 27.1 Å². The molecule has 0 aliphatic heterocycles. The van der Waals surface area contributed by atoms with Gasteiger partial charge >= 0.3 is 5.97 Å². The van der Waals surface area contributed by atoms with Crippen molar-refractivity contribution < 1.29 is 36.3 Å². The highest BCUT2D eigenvalue weighted by Gasteiger charge is 2.30. The van der Waals surface area contributed by atoms with E-state index >= 15 is 0 Å². The van der Waals surface area contributed by atoms with Gasteiger partial charge in [0, 0.05) is 42.4 Å². The molecule has 4 aromatic rings. The Morgan fingerprint density at radius 3 is 2.46 bits per heavy atom. The standard InChI is InChI=1S/C29H25BrF2N2O6S/c1-33-28(35)25-21-12-20(16-3-4-16)18(11-24(21)40-27(25)17-5-7-19(31)8-6-17)14-34(41(37)38)13-15-9-22(29(36)39-2)26(30)23(32)10-15/h5-12,16H,3-4,13-14H2,1-2H3,(H,33,35)(H,37,38)/p-1. The van der Waals surface area contributed by atoms with Gasteiger partial charge in [0.2, 0.25) is 0 Å². The van der Waals surface area contributed by atoms with Crippen molar-refractivity contribution >= 4 is 50.0 Å². The Hall–Kier alpha value is -3.45. The fourth-order valence-corrected chi connectivity index (χ4v) is 5.71. The number of carbonyl (C=O) groups excluding carboxylic acids is 2. The van der Waals surface area contributed by atoms with Crippen molar-refractivity contribution in [1.82, 2.24) is 9.62 Å². The number of ether oxygens (including phenoxy) is 1. The van der Waals surface area contributed by atoms with Crippen molar-refractivity contribution in [3.05, 3.63) is 92.5 Å². The SMILES string of the molecule is CNC(=O)c1c(-c2ccc(F)cc2)oc2cc(CN(Cc3cc(F)c(Br)c(C(=O)OC)c3)S(=O)[O-])c(C3CC3)cc12. The predicted octanol–water partition coefficient (Wildman–Crippen LogP) is 5.96. The zero-order valence-electron chi connectivity index (χ0n) is 22.0. The van der Waals surface area contributed by atoms with E-state index in [1.807, 2.05) is 6.07 Å². The van der Waals surface area contributed by atoms with Crippen LogP contribution in [0.25, 0.3) is 22.3 Å². The molecule has 1 aliphatic carbocycles. The van der Waals surface area contributed by atoms with Crippen LogP contribution in [-0.2, 0) is 29.1 Å². The first-order valence-electron chi connectivity index (χ1n) is 12.6. The van der Waals surface area contributed by atoms with Crippen LogP contribution in [0.3, 0.4) is 0 Å². The molecule has 1 fully saturated rings. The van der Waals surface area contributed by atoms with E-state index in [4.69, 9.17) is 9.15 Å². The van der Waals surface area contributed by atoms with Gasteiger partial charge in [0.15, 0.2) is 0 Å². The zero-order chi connectivity index (χ0) is 29.4. The summed E-state index contributed by atoms with van der Waals surface area (Å²) in [5.74, 6) is -1.86. The van der Waals surface area contributed by atoms with E-state index < -0.39 is 28.9 Å². The van der Waals surface area contributed by atoms with Crippen LogP contribution in [0.15, 0.2) is 57.4 Å². The van der Waals surface area contributed by atoms with Gasteiger partial charge in [0.1, 0.15) is 23.0 Å². The molecule has 5 rings (SSSR count). The van der Waals surface area contributed by atoms with Gasteiger partial charge in [-0.1, -0.05) is 0 Å². The second-order valence-electron chi connectivity index (χ2n) is 9.66. The minimum atomic E-state index is -2.71. The Morgan fingerprint density at radius 2 is 1.85 bits per heavy atom. The molecule has 1 N–H and O–H groups in total. The lowest BCUT2D eigenvalue weighted by molar-refractivity contribution is 0.0598. The average molecular weight is 646 g/mol. The van der Waals surface area contributed by atoms with Gasteiger partial charge in [-0.15, -0.1) is 0 Å². The van der Waals surface area contributed by atoms with Crippen LogP contribution in [0, 0.1) is 11.6 Å². The number of hydrogen-bond acceptors (Lipinski definition) is 6. The van der Waals surface area contributed by atoms with Crippen molar-refractivity contribution in [1.29, 1.82) is 0 Å². The van der Waals surface area contributed by atoms with Crippen molar-refractivity contribution in [2.45, 2.75) is 31.8 Å². The molecule has 1 aliphatic rings. The van der Waals surface area contributed by atoms with E-state index in [0.717, 1.165) is 28.8 Å². The maximum atomic E-state index is 14.6. The van der Waals surface area contributed by atoms with Crippen LogP contribution in [0.1, 0.15) is 56.2 Å². The smallest absolute Gasteiger partial charge is 0.339 e. The van der Waals surface area contributed by atoms with Gasteiger partial charge in [0.05, 0.1) is 22.7 Å². The Labute approximate surface area is 245 Å². The number of halogens is 3. The topological polar surface area (TPSA) is 112 Å². The fourth-order valence-electron chi connectivity index (χ4n) is 4.82. The van der Waals surface area contributed by atoms with Crippen LogP contribution in [0.4, 0.5) is 8.78 Å². The monoisotopic (exact) mass is 645 g/mol. The highest BCUT2D eigenvalue weighted by molar-refractivity contribution is 9.10. The number of methoxy groups -OCH3 is 1. The molecular weight excluding hydrogens is 622 g/mol. The Morgan fingerprint density at radius 1 is 1.15 bits per heavy atom. The molecule has 1 heterocycles. The predicted molar refractivity (Wildman–Crippen MR) is 151 cm³/mol. The molecule has 0 bridgehead atoms. The molecule has 3 aromatic carbocycles. The number of nitrogens with zero attached hydrogens (tertiary/aromatic N) is 1. The third kappa shape index (κ3) is 5.96. The van der Waals surface area contributed by atoms with Crippen molar-refractivity contribution in [2.75, 3.05) is 14.2 Å². The van der Waals surface area contributed by atoms with Gasteiger partial charge in [-0.25, -0.2) is 17.9 Å². The summed E-state index contributed by atoms with van der Waals surface area (Å²) in [5, 5.41) is 3.19. The number of hydrogen-bond donors (Lipinski definition) is 1. The summed E-state index contributed by atoms with van der Waals surface area (Å²) in [5.41, 5.74) is 2.90. The van der Waals surface area contributed by atoms with Gasteiger partial charge in [-0.05, 0) is 99.9 Å². The minimum Gasteiger partial charge on any atom is -0.760 e. The lowest BCUT2D eigenvalue weighted by Crippen LogP contribution is -2.26. The van der Waals surface area contributed by atoms with Gasteiger partial charge in [-0.2, -0.15) is 0 Å². The fraction of sp³-hybridized carbons (Fsp3) is 0.241. The summed E-state index contributed by atoms with van der Waals surface area (Å²) in [6.07, 6.45) is 1.80. The molecule has 214 valence electrons. The summed E-state index contributed by atoms with van der Waals surface area (Å²) in [4.78, 5) is 25.1. The number of rotatable bonds is 9. The van der Waals surface area contributed by atoms with E-state index in [1.165, 1.54) is 44.5 Å². The van der Waals surface area contributed by atoms with Gasteiger partial charge < -0.3 is 19.0 Å². The van der Waals surface area contributed by atoms with E-state index in [1.54, 1.807) is 6.07 Å². The summed E-state index contributed by atoms with van der Waals surface area (Å²) in [6, 6.07) is 11.7. The average Bonchev–Trinajstić information content (AvgIpc) is 3.74. The van der Waals surface area contributed by atoms with Crippen LogP contribution < -0.4 is 5.32 Å². The summed E-state index contributed by atoms with van der Waals surface area (Å²) < 4.78 is 64.7. The highest BCUT2D eigenvalue weighted by atomic mass is 79.9. The molecule has 1 amide bonds. The molecule has 0 spiro atoms. The second-order valence-corrected chi connectivity index (χ2v) is 11.4. The van der Waals surface area contributed by atoms with Crippen molar-refractivity contribution in [3.63, 3.8) is 0 Å². The largest absolute Gasteiger partial charge is 0.760 e. The third-order valence-corrected chi connectivity index (χ3v) is 8.42. The lowest BCUT2D eigenvalue weighted by atomic mass is 9.97. The van der Waals surface area contributed by atoms with Crippen LogP contribution in [-0.4, -0.2) is 39.1 Å². The molecule has 1 unspecified atom stereocenters. The Bertz CT molecular complexity index is 1690. The number of amides is 1. The molecule has 1 atom stereocenters. The maximum absolute atomic E-state index is 14.6. The first-order chi connectivity index (χ1) is 19.6. The summed E-state index contributed by atoms with van der Waals surface area (Å²) in [7, 11) is 2.67. The normalized spacial score (nSPS) is 13.9. The molecule has 0 saturated heterocycles. The molecule has 0 radical (unpaired) electrons. The zero-order valence-corrected chi connectivity index (χ0v) is 24.4. The van der Waals surface area contributed by atoms with E-state index in [0.29, 0.717) is 27.7 Å². The summed E-state index contributed by atoms with van der Waals surface area (Å²) in [6.45, 7) is -0.278.